The van der Waals surface area contributed by atoms with Gasteiger partial charge >= 0.3 is 0 Å². The largest absolute Gasteiger partial charge is 0.468 e. The van der Waals surface area contributed by atoms with E-state index in [4.69, 9.17) is 9.40 Å². The summed E-state index contributed by atoms with van der Waals surface area (Å²) in [5.74, 6) is 1.51. The molecule has 0 radical (unpaired) electrons. The molecular formula is C24H27N3O3S. The minimum Gasteiger partial charge on any atom is -0.468 e. The lowest BCUT2D eigenvalue weighted by molar-refractivity contribution is 0.0660. The van der Waals surface area contributed by atoms with Crippen molar-refractivity contribution in [1.29, 1.82) is 0 Å². The molecule has 0 fully saturated rings. The fraction of sp³-hybridized carbons (Fsp3) is 0.333. The Hall–Kier alpha value is -2.74. The number of nitrogens with zero attached hydrogens (tertiary/aromatic N) is 2. The van der Waals surface area contributed by atoms with E-state index in [1.54, 1.807) is 6.26 Å². The van der Waals surface area contributed by atoms with Crippen LogP contribution in [0.2, 0.25) is 0 Å². The lowest BCUT2D eigenvalue weighted by Gasteiger charge is -2.25. The number of benzene rings is 1. The Bertz CT molecular complexity index is 1210. The molecule has 0 aliphatic carbocycles. The monoisotopic (exact) mass is 437 g/mol. The molecule has 0 saturated heterocycles. The number of nitrogens with one attached hydrogen (secondary N) is 1. The van der Waals surface area contributed by atoms with Gasteiger partial charge in [0, 0.05) is 17.5 Å². The SMILES string of the molecule is Cc1ccccc1-c1csc2nc(CN(Cc3ccco3)CC(O)C(C)C)[nH]c(=O)c12. The Balaban J connectivity index is 1.65. The van der Waals surface area contributed by atoms with Gasteiger partial charge in [0.05, 0.1) is 30.8 Å². The number of thiophene rings is 1. The molecule has 0 aliphatic rings. The summed E-state index contributed by atoms with van der Waals surface area (Å²) in [5.41, 5.74) is 2.95. The number of H-pyrrole nitrogens is 1. The van der Waals surface area contributed by atoms with Crippen molar-refractivity contribution in [3.05, 3.63) is 75.5 Å². The number of aryl methyl sites for hydroxylation is 1. The number of rotatable bonds is 8. The van der Waals surface area contributed by atoms with Gasteiger partial charge in [-0.15, -0.1) is 11.3 Å². The topological polar surface area (TPSA) is 82.4 Å². The van der Waals surface area contributed by atoms with E-state index in [1.807, 2.05) is 67.4 Å². The minimum absolute atomic E-state index is 0.127. The molecular weight excluding hydrogens is 410 g/mol. The highest BCUT2D eigenvalue weighted by Crippen LogP contribution is 2.32. The van der Waals surface area contributed by atoms with Gasteiger partial charge < -0.3 is 14.5 Å². The normalized spacial score (nSPS) is 12.8. The molecule has 162 valence electrons. The molecule has 1 aromatic carbocycles. The Kier molecular flexibility index (Phi) is 6.36. The molecule has 1 atom stereocenters. The van der Waals surface area contributed by atoms with E-state index in [-0.39, 0.29) is 11.5 Å². The van der Waals surface area contributed by atoms with Crippen molar-refractivity contribution < 1.29 is 9.52 Å². The maximum absolute atomic E-state index is 13.0. The summed E-state index contributed by atoms with van der Waals surface area (Å²) in [6, 6.07) is 11.8. The Morgan fingerprint density at radius 3 is 2.68 bits per heavy atom. The summed E-state index contributed by atoms with van der Waals surface area (Å²) < 4.78 is 5.49. The number of hydrogen-bond donors (Lipinski definition) is 2. The number of aromatic nitrogens is 2. The second-order valence-electron chi connectivity index (χ2n) is 8.22. The van der Waals surface area contributed by atoms with Crippen molar-refractivity contribution in [3.8, 4) is 11.1 Å². The van der Waals surface area contributed by atoms with Gasteiger partial charge in [-0.1, -0.05) is 38.1 Å². The average molecular weight is 438 g/mol. The van der Waals surface area contributed by atoms with Crippen LogP contribution >= 0.6 is 11.3 Å². The van der Waals surface area contributed by atoms with Crippen LogP contribution in [-0.2, 0) is 13.1 Å². The van der Waals surface area contributed by atoms with Crippen LogP contribution in [0.5, 0.6) is 0 Å². The van der Waals surface area contributed by atoms with Crippen LogP contribution in [-0.4, -0.2) is 32.6 Å². The maximum atomic E-state index is 13.0. The zero-order valence-electron chi connectivity index (χ0n) is 18.0. The van der Waals surface area contributed by atoms with Gasteiger partial charge in [0.2, 0.25) is 0 Å². The first-order valence-electron chi connectivity index (χ1n) is 10.4. The first-order chi connectivity index (χ1) is 14.9. The van der Waals surface area contributed by atoms with E-state index in [9.17, 15) is 9.90 Å². The number of aliphatic hydroxyl groups is 1. The van der Waals surface area contributed by atoms with Gasteiger partial charge in [-0.25, -0.2) is 4.98 Å². The molecule has 1 unspecified atom stereocenters. The molecule has 31 heavy (non-hydrogen) atoms. The van der Waals surface area contributed by atoms with Crippen LogP contribution in [0.1, 0.15) is 31.0 Å². The molecule has 0 aliphatic heterocycles. The summed E-state index contributed by atoms with van der Waals surface area (Å²) in [5, 5.41) is 13.1. The van der Waals surface area contributed by atoms with Crippen molar-refractivity contribution in [2.75, 3.05) is 6.54 Å². The number of hydrogen-bond acceptors (Lipinski definition) is 6. The van der Waals surface area contributed by atoms with Gasteiger partial charge in [0.15, 0.2) is 0 Å². The van der Waals surface area contributed by atoms with Crippen LogP contribution in [0.25, 0.3) is 21.3 Å². The fourth-order valence-electron chi connectivity index (χ4n) is 3.64. The highest BCUT2D eigenvalue weighted by atomic mass is 32.1. The third-order valence-electron chi connectivity index (χ3n) is 5.48. The molecule has 2 N–H and O–H groups in total. The van der Waals surface area contributed by atoms with Crippen molar-refractivity contribution in [3.63, 3.8) is 0 Å². The number of aromatic amines is 1. The van der Waals surface area contributed by atoms with E-state index in [1.165, 1.54) is 11.3 Å². The number of aliphatic hydroxyl groups excluding tert-OH is 1. The zero-order chi connectivity index (χ0) is 22.0. The molecule has 0 amide bonds. The highest BCUT2D eigenvalue weighted by Gasteiger charge is 2.19. The first kappa shape index (κ1) is 21.5. The van der Waals surface area contributed by atoms with Gasteiger partial charge in [-0.05, 0) is 36.1 Å². The van der Waals surface area contributed by atoms with Gasteiger partial charge in [0.25, 0.3) is 5.56 Å². The number of furan rings is 1. The third-order valence-corrected chi connectivity index (χ3v) is 6.35. The van der Waals surface area contributed by atoms with Crippen molar-refractivity contribution in [1.82, 2.24) is 14.9 Å². The van der Waals surface area contributed by atoms with Crippen LogP contribution in [0.4, 0.5) is 0 Å². The van der Waals surface area contributed by atoms with E-state index < -0.39 is 6.10 Å². The van der Waals surface area contributed by atoms with Crippen LogP contribution < -0.4 is 5.56 Å². The van der Waals surface area contributed by atoms with Crippen LogP contribution in [0.3, 0.4) is 0 Å². The van der Waals surface area contributed by atoms with Crippen molar-refractivity contribution >= 4 is 21.6 Å². The molecule has 0 bridgehead atoms. The Labute approximate surface area is 185 Å². The molecule has 0 spiro atoms. The summed E-state index contributed by atoms with van der Waals surface area (Å²) >= 11 is 1.48. The highest BCUT2D eigenvalue weighted by molar-refractivity contribution is 7.17. The Morgan fingerprint density at radius 2 is 1.97 bits per heavy atom. The van der Waals surface area contributed by atoms with E-state index >= 15 is 0 Å². The predicted molar refractivity (Wildman–Crippen MR) is 124 cm³/mol. The summed E-state index contributed by atoms with van der Waals surface area (Å²) in [4.78, 5) is 23.5. The second kappa shape index (κ2) is 9.18. The quantitative estimate of drug-likeness (QED) is 0.422. The maximum Gasteiger partial charge on any atom is 0.260 e. The standard InChI is InChI=1S/C24H27N3O3S/c1-15(2)20(28)12-27(11-17-8-6-10-30-17)13-21-25-23(29)22-19(14-31-24(22)26-21)18-9-5-4-7-16(18)3/h4-10,14-15,20,28H,11-13H2,1-3H3,(H,25,26,29). The van der Waals surface area contributed by atoms with Crippen molar-refractivity contribution in [2.24, 2.45) is 5.92 Å². The molecule has 4 aromatic rings. The zero-order valence-corrected chi connectivity index (χ0v) is 18.8. The minimum atomic E-state index is -0.486. The smallest absolute Gasteiger partial charge is 0.260 e. The predicted octanol–water partition coefficient (Wildman–Crippen LogP) is 4.57. The lowest BCUT2D eigenvalue weighted by Crippen LogP contribution is -2.35. The molecule has 6 nitrogen and oxygen atoms in total. The molecule has 3 aromatic heterocycles. The van der Waals surface area contributed by atoms with Crippen LogP contribution in [0.15, 0.2) is 57.3 Å². The first-order valence-corrected chi connectivity index (χ1v) is 11.3. The van der Waals surface area contributed by atoms with Crippen molar-refractivity contribution in [2.45, 2.75) is 40.0 Å². The summed E-state index contributed by atoms with van der Waals surface area (Å²) in [6.45, 7) is 7.41. The Morgan fingerprint density at radius 1 is 1.16 bits per heavy atom. The fourth-order valence-corrected chi connectivity index (χ4v) is 4.59. The van der Waals surface area contributed by atoms with E-state index in [0.29, 0.717) is 30.8 Å². The summed E-state index contributed by atoms with van der Waals surface area (Å²) in [7, 11) is 0. The number of fused-ring (bicyclic) bond motifs is 1. The van der Waals surface area contributed by atoms with Gasteiger partial charge in [-0.3, -0.25) is 9.69 Å². The second-order valence-corrected chi connectivity index (χ2v) is 9.08. The lowest BCUT2D eigenvalue weighted by atomic mass is 10.0. The molecule has 3 heterocycles. The van der Waals surface area contributed by atoms with Gasteiger partial charge in [-0.2, -0.15) is 0 Å². The molecule has 4 rings (SSSR count). The summed E-state index contributed by atoms with van der Waals surface area (Å²) in [6.07, 6.45) is 1.15. The van der Waals surface area contributed by atoms with Gasteiger partial charge in [0.1, 0.15) is 16.4 Å². The van der Waals surface area contributed by atoms with E-state index in [0.717, 1.165) is 27.3 Å². The molecule has 7 heteroatoms. The third kappa shape index (κ3) is 4.79. The van der Waals surface area contributed by atoms with Crippen LogP contribution in [0, 0.1) is 12.8 Å². The molecule has 0 saturated carbocycles. The van der Waals surface area contributed by atoms with E-state index in [2.05, 4.69) is 4.98 Å². The average Bonchev–Trinajstić information content (AvgIpc) is 3.38.